The Morgan fingerprint density at radius 2 is 1.96 bits per heavy atom. The number of allylic oxidation sites excluding steroid dienone is 2. The summed E-state index contributed by atoms with van der Waals surface area (Å²) in [7, 11) is 0. The highest BCUT2D eigenvalue weighted by molar-refractivity contribution is 6.24. The number of hydrogen-bond acceptors (Lipinski definition) is 2. The molecule has 2 bridgehead atoms. The quantitative estimate of drug-likeness (QED) is 0.587. The second kappa shape index (κ2) is 4.24. The zero-order valence-electron chi connectivity index (χ0n) is 12.3. The Balaban J connectivity index is 1.78. The Morgan fingerprint density at radius 3 is 2.61 bits per heavy atom. The van der Waals surface area contributed by atoms with Crippen LogP contribution in [-0.2, 0) is 15.8 Å². The molecule has 1 saturated carbocycles. The van der Waals surface area contributed by atoms with Gasteiger partial charge in [0.1, 0.15) is 0 Å². The SMILES string of the molecule is C[C@@]12C(=O)N(c3cccc(C(F)(F)F)c3)C(=O)[C@H]1[C@H]1C=C[C@H]2C1. The number of nitrogens with zero attached hydrogens (tertiary/aromatic N) is 1. The molecule has 2 fully saturated rings. The summed E-state index contributed by atoms with van der Waals surface area (Å²) in [4.78, 5) is 26.6. The molecule has 2 amide bonds. The molecule has 120 valence electrons. The number of fused-ring (bicyclic) bond motifs is 5. The van der Waals surface area contributed by atoms with Crippen LogP contribution in [0.3, 0.4) is 0 Å². The molecule has 0 radical (unpaired) electrons. The highest BCUT2D eigenvalue weighted by Crippen LogP contribution is 2.60. The molecule has 2 aliphatic carbocycles. The molecule has 1 aliphatic heterocycles. The van der Waals surface area contributed by atoms with Crippen LogP contribution in [0.15, 0.2) is 36.4 Å². The molecular weight excluding hydrogens is 307 g/mol. The summed E-state index contributed by atoms with van der Waals surface area (Å²) in [6.45, 7) is 1.76. The summed E-state index contributed by atoms with van der Waals surface area (Å²) < 4.78 is 38.7. The Kier molecular flexibility index (Phi) is 2.67. The van der Waals surface area contributed by atoms with Crippen molar-refractivity contribution in [3.63, 3.8) is 0 Å². The van der Waals surface area contributed by atoms with Gasteiger partial charge >= 0.3 is 6.18 Å². The molecule has 0 unspecified atom stereocenters. The molecule has 1 heterocycles. The summed E-state index contributed by atoms with van der Waals surface area (Å²) in [5.74, 6) is -1.22. The second-order valence-electron chi connectivity index (χ2n) is 6.68. The minimum atomic E-state index is -4.51. The van der Waals surface area contributed by atoms with Gasteiger partial charge in [0.05, 0.1) is 22.6 Å². The second-order valence-corrected chi connectivity index (χ2v) is 6.68. The Labute approximate surface area is 130 Å². The van der Waals surface area contributed by atoms with E-state index < -0.39 is 23.1 Å². The third kappa shape index (κ3) is 1.72. The smallest absolute Gasteiger partial charge is 0.274 e. The molecule has 1 aromatic rings. The molecule has 0 spiro atoms. The van der Waals surface area contributed by atoms with Crippen LogP contribution in [0.25, 0.3) is 0 Å². The number of rotatable bonds is 1. The largest absolute Gasteiger partial charge is 0.416 e. The van der Waals surface area contributed by atoms with E-state index in [2.05, 4.69) is 0 Å². The van der Waals surface area contributed by atoms with E-state index in [4.69, 9.17) is 0 Å². The van der Waals surface area contributed by atoms with E-state index in [1.165, 1.54) is 12.1 Å². The Bertz CT molecular complexity index is 754. The fourth-order valence-corrected chi connectivity index (χ4v) is 4.37. The van der Waals surface area contributed by atoms with E-state index in [1.54, 1.807) is 6.92 Å². The van der Waals surface area contributed by atoms with E-state index in [0.717, 1.165) is 23.5 Å². The van der Waals surface area contributed by atoms with Gasteiger partial charge in [0.15, 0.2) is 0 Å². The van der Waals surface area contributed by atoms with Crippen molar-refractivity contribution in [1.29, 1.82) is 0 Å². The van der Waals surface area contributed by atoms with Crippen LogP contribution < -0.4 is 4.90 Å². The van der Waals surface area contributed by atoms with E-state index >= 15 is 0 Å². The van der Waals surface area contributed by atoms with Crippen LogP contribution in [0.4, 0.5) is 18.9 Å². The van der Waals surface area contributed by atoms with E-state index in [-0.39, 0.29) is 29.3 Å². The lowest BCUT2D eigenvalue weighted by Gasteiger charge is -2.28. The normalized spacial score (nSPS) is 35.3. The van der Waals surface area contributed by atoms with Crippen molar-refractivity contribution in [2.75, 3.05) is 4.90 Å². The van der Waals surface area contributed by atoms with Gasteiger partial charge < -0.3 is 0 Å². The van der Waals surface area contributed by atoms with E-state index in [0.29, 0.717) is 0 Å². The van der Waals surface area contributed by atoms with Gasteiger partial charge in [0, 0.05) is 0 Å². The summed E-state index contributed by atoms with van der Waals surface area (Å²) in [5, 5.41) is 0. The average molecular weight is 321 g/mol. The lowest BCUT2D eigenvalue weighted by molar-refractivity contribution is -0.137. The molecule has 0 aromatic heterocycles. The maximum absolute atomic E-state index is 12.9. The van der Waals surface area contributed by atoms with Gasteiger partial charge in [-0.25, -0.2) is 4.90 Å². The fraction of sp³-hybridized carbons (Fsp3) is 0.412. The van der Waals surface area contributed by atoms with Crippen molar-refractivity contribution < 1.29 is 22.8 Å². The van der Waals surface area contributed by atoms with Gasteiger partial charge in [0.2, 0.25) is 11.8 Å². The average Bonchev–Trinajstić information content (AvgIpc) is 3.11. The van der Waals surface area contributed by atoms with Gasteiger partial charge in [-0.05, 0) is 43.4 Å². The number of halogens is 3. The van der Waals surface area contributed by atoms with Gasteiger partial charge in [0.25, 0.3) is 0 Å². The molecule has 4 atom stereocenters. The van der Waals surface area contributed by atoms with Crippen molar-refractivity contribution in [3.8, 4) is 0 Å². The number of benzene rings is 1. The summed E-state index contributed by atoms with van der Waals surface area (Å²) in [6, 6.07) is 4.41. The van der Waals surface area contributed by atoms with E-state index in [1.807, 2.05) is 12.2 Å². The molecule has 0 N–H and O–H groups in total. The first kappa shape index (κ1) is 14.5. The summed E-state index contributed by atoms with van der Waals surface area (Å²) >= 11 is 0. The summed E-state index contributed by atoms with van der Waals surface area (Å²) in [6.07, 6.45) is 0.178. The van der Waals surface area contributed by atoms with Crippen molar-refractivity contribution in [2.45, 2.75) is 19.5 Å². The first-order chi connectivity index (χ1) is 10.7. The van der Waals surface area contributed by atoms with Crippen LogP contribution in [0.2, 0.25) is 0 Å². The molecular formula is C17H14F3NO2. The first-order valence-corrected chi connectivity index (χ1v) is 7.48. The highest BCUT2D eigenvalue weighted by Gasteiger charge is 2.67. The maximum Gasteiger partial charge on any atom is 0.416 e. The Hall–Kier alpha value is -2.11. The van der Waals surface area contributed by atoms with Crippen LogP contribution in [-0.4, -0.2) is 11.8 Å². The number of alkyl halides is 3. The molecule has 1 aromatic carbocycles. The lowest BCUT2D eigenvalue weighted by Crippen LogP contribution is -2.37. The van der Waals surface area contributed by atoms with Crippen molar-refractivity contribution in [1.82, 2.24) is 0 Å². The van der Waals surface area contributed by atoms with Crippen LogP contribution in [0, 0.1) is 23.2 Å². The number of anilines is 1. The van der Waals surface area contributed by atoms with Gasteiger partial charge in [-0.2, -0.15) is 13.2 Å². The number of imide groups is 1. The first-order valence-electron chi connectivity index (χ1n) is 7.48. The van der Waals surface area contributed by atoms with Crippen LogP contribution >= 0.6 is 0 Å². The molecule has 3 aliphatic rings. The van der Waals surface area contributed by atoms with Crippen molar-refractivity contribution in [2.24, 2.45) is 23.2 Å². The predicted octanol–water partition coefficient (Wildman–Crippen LogP) is 3.41. The zero-order valence-corrected chi connectivity index (χ0v) is 12.3. The van der Waals surface area contributed by atoms with Crippen molar-refractivity contribution >= 4 is 17.5 Å². The molecule has 23 heavy (non-hydrogen) atoms. The molecule has 3 nitrogen and oxygen atoms in total. The monoisotopic (exact) mass is 321 g/mol. The number of carbonyl (C=O) groups excluding carboxylic acids is 2. The van der Waals surface area contributed by atoms with Gasteiger partial charge in [-0.15, -0.1) is 0 Å². The third-order valence-electron chi connectivity index (χ3n) is 5.54. The predicted molar refractivity (Wildman–Crippen MR) is 76.3 cm³/mol. The number of hydrogen-bond donors (Lipinski definition) is 0. The van der Waals surface area contributed by atoms with Gasteiger partial charge in [-0.3, -0.25) is 9.59 Å². The van der Waals surface area contributed by atoms with Crippen LogP contribution in [0.1, 0.15) is 18.9 Å². The Morgan fingerprint density at radius 1 is 1.22 bits per heavy atom. The highest BCUT2D eigenvalue weighted by atomic mass is 19.4. The number of carbonyl (C=O) groups is 2. The fourth-order valence-electron chi connectivity index (χ4n) is 4.37. The number of amides is 2. The molecule has 1 saturated heterocycles. The van der Waals surface area contributed by atoms with Gasteiger partial charge in [-0.1, -0.05) is 18.2 Å². The van der Waals surface area contributed by atoms with E-state index in [9.17, 15) is 22.8 Å². The van der Waals surface area contributed by atoms with Crippen LogP contribution in [0.5, 0.6) is 0 Å². The maximum atomic E-state index is 12.9. The minimum Gasteiger partial charge on any atom is -0.274 e. The standard InChI is InChI=1S/C17H14F3NO2/c1-16-10-6-5-9(7-10)13(16)14(22)21(15(16)23)12-4-2-3-11(8-12)17(18,19)20/h2-6,8-10,13H,7H2,1H3/t9-,10-,13+,16-/m0/s1. The lowest BCUT2D eigenvalue weighted by atomic mass is 9.71. The molecule has 4 rings (SSSR count). The minimum absolute atomic E-state index is 0.00449. The van der Waals surface area contributed by atoms with Crippen molar-refractivity contribution in [3.05, 3.63) is 42.0 Å². The topological polar surface area (TPSA) is 37.4 Å². The third-order valence-corrected chi connectivity index (χ3v) is 5.54. The molecule has 6 heteroatoms. The zero-order chi connectivity index (χ0) is 16.6. The summed E-state index contributed by atoms with van der Waals surface area (Å²) in [5.41, 5.74) is -1.69.